The molecule has 86 valence electrons. The zero-order valence-corrected chi connectivity index (χ0v) is 10.2. The fourth-order valence-corrected chi connectivity index (χ4v) is 2.48. The first kappa shape index (κ1) is 10.5. The molecule has 1 aromatic heterocycles. The fourth-order valence-electron chi connectivity index (χ4n) is 2.48. The molecule has 0 spiro atoms. The van der Waals surface area contributed by atoms with Crippen molar-refractivity contribution in [1.29, 1.82) is 0 Å². The summed E-state index contributed by atoms with van der Waals surface area (Å²) in [5.74, 6) is 0. The molecule has 1 aliphatic rings. The standard InChI is InChI=1S/C16H17N/c1-12-7-8-14-9-10-15(17-16(14)11-12)13-5-3-2-4-6-13/h5,7-11H,2-4,6H2,1H3. The van der Waals surface area contributed by atoms with Gasteiger partial charge in [0, 0.05) is 5.39 Å². The Morgan fingerprint density at radius 1 is 1.06 bits per heavy atom. The quantitative estimate of drug-likeness (QED) is 0.693. The Kier molecular flexibility index (Phi) is 2.68. The lowest BCUT2D eigenvalue weighted by molar-refractivity contribution is 0.740. The van der Waals surface area contributed by atoms with Crippen LogP contribution in [0.4, 0.5) is 0 Å². The van der Waals surface area contributed by atoms with Gasteiger partial charge in [-0.2, -0.15) is 0 Å². The van der Waals surface area contributed by atoms with Crippen molar-refractivity contribution < 1.29 is 0 Å². The zero-order chi connectivity index (χ0) is 11.7. The monoisotopic (exact) mass is 223 g/mol. The smallest absolute Gasteiger partial charge is 0.0712 e. The minimum absolute atomic E-state index is 1.12. The highest BCUT2D eigenvalue weighted by Gasteiger charge is 2.08. The van der Waals surface area contributed by atoms with Crippen molar-refractivity contribution in [3.8, 4) is 0 Å². The van der Waals surface area contributed by atoms with Gasteiger partial charge in [-0.15, -0.1) is 0 Å². The third kappa shape index (κ3) is 2.10. The normalized spacial score (nSPS) is 15.9. The average Bonchev–Trinajstić information content (AvgIpc) is 2.39. The maximum Gasteiger partial charge on any atom is 0.0712 e. The van der Waals surface area contributed by atoms with E-state index in [2.05, 4.69) is 43.3 Å². The Labute approximate surface area is 102 Å². The number of aryl methyl sites for hydroxylation is 1. The van der Waals surface area contributed by atoms with Crippen LogP contribution in [0.3, 0.4) is 0 Å². The van der Waals surface area contributed by atoms with Crippen LogP contribution in [-0.4, -0.2) is 4.98 Å². The third-order valence-corrected chi connectivity index (χ3v) is 3.47. The molecule has 0 radical (unpaired) electrons. The lowest BCUT2D eigenvalue weighted by Crippen LogP contribution is -1.95. The fraction of sp³-hybridized carbons (Fsp3) is 0.312. The highest BCUT2D eigenvalue weighted by molar-refractivity contribution is 5.81. The Morgan fingerprint density at radius 2 is 1.94 bits per heavy atom. The van der Waals surface area contributed by atoms with Crippen molar-refractivity contribution in [3.63, 3.8) is 0 Å². The molecule has 0 N–H and O–H groups in total. The molecule has 0 saturated heterocycles. The Balaban J connectivity index is 2.09. The van der Waals surface area contributed by atoms with Gasteiger partial charge in [-0.05, 0) is 55.9 Å². The maximum absolute atomic E-state index is 4.79. The highest BCUT2D eigenvalue weighted by Crippen LogP contribution is 2.26. The number of aromatic nitrogens is 1. The molecule has 2 aromatic rings. The maximum atomic E-state index is 4.79. The van der Waals surface area contributed by atoms with Gasteiger partial charge in [-0.25, -0.2) is 4.98 Å². The van der Waals surface area contributed by atoms with Gasteiger partial charge < -0.3 is 0 Å². The Morgan fingerprint density at radius 3 is 2.76 bits per heavy atom. The summed E-state index contributed by atoms with van der Waals surface area (Å²) in [6.45, 7) is 2.12. The molecule has 0 atom stereocenters. The minimum Gasteiger partial charge on any atom is -0.248 e. The molecule has 0 aliphatic heterocycles. The van der Waals surface area contributed by atoms with Gasteiger partial charge in [0.15, 0.2) is 0 Å². The van der Waals surface area contributed by atoms with E-state index in [-0.39, 0.29) is 0 Å². The van der Waals surface area contributed by atoms with Crippen LogP contribution in [0.5, 0.6) is 0 Å². The summed E-state index contributed by atoms with van der Waals surface area (Å²) in [6.07, 6.45) is 7.39. The van der Waals surface area contributed by atoms with Gasteiger partial charge in [0.25, 0.3) is 0 Å². The summed E-state index contributed by atoms with van der Waals surface area (Å²) in [4.78, 5) is 4.79. The van der Waals surface area contributed by atoms with Gasteiger partial charge in [0.05, 0.1) is 11.2 Å². The number of allylic oxidation sites excluding steroid dienone is 2. The highest BCUT2D eigenvalue weighted by atomic mass is 14.7. The summed E-state index contributed by atoms with van der Waals surface area (Å²) >= 11 is 0. The Hall–Kier alpha value is -1.63. The molecule has 1 aromatic carbocycles. The topological polar surface area (TPSA) is 12.9 Å². The van der Waals surface area contributed by atoms with Crippen LogP contribution in [0.2, 0.25) is 0 Å². The summed E-state index contributed by atoms with van der Waals surface area (Å²) in [5.41, 5.74) is 5.00. The van der Waals surface area contributed by atoms with E-state index in [1.165, 1.54) is 47.9 Å². The molecule has 17 heavy (non-hydrogen) atoms. The third-order valence-electron chi connectivity index (χ3n) is 3.47. The van der Waals surface area contributed by atoms with Gasteiger partial charge in [0.1, 0.15) is 0 Å². The van der Waals surface area contributed by atoms with Crippen molar-refractivity contribution in [2.24, 2.45) is 0 Å². The number of hydrogen-bond donors (Lipinski definition) is 0. The van der Waals surface area contributed by atoms with Gasteiger partial charge in [0.2, 0.25) is 0 Å². The molecule has 0 unspecified atom stereocenters. The number of rotatable bonds is 1. The van der Waals surface area contributed by atoms with E-state index in [0.29, 0.717) is 0 Å². The zero-order valence-electron chi connectivity index (χ0n) is 10.2. The largest absolute Gasteiger partial charge is 0.248 e. The van der Waals surface area contributed by atoms with E-state index >= 15 is 0 Å². The molecule has 0 fully saturated rings. The predicted molar refractivity (Wildman–Crippen MR) is 72.9 cm³/mol. The molecule has 1 heteroatoms. The molecule has 1 nitrogen and oxygen atoms in total. The number of benzene rings is 1. The molecule has 0 bridgehead atoms. The molecular weight excluding hydrogens is 206 g/mol. The second-order valence-electron chi connectivity index (χ2n) is 4.87. The van der Waals surface area contributed by atoms with Crippen LogP contribution in [0.1, 0.15) is 36.9 Å². The van der Waals surface area contributed by atoms with Crippen molar-refractivity contribution in [1.82, 2.24) is 4.98 Å². The Bertz CT molecular complexity index is 581. The first-order chi connectivity index (χ1) is 8.33. The first-order valence-electron chi connectivity index (χ1n) is 6.40. The SMILES string of the molecule is Cc1ccc2ccc(C3=CCCCC3)nc2c1. The van der Waals surface area contributed by atoms with Crippen LogP contribution in [-0.2, 0) is 0 Å². The van der Waals surface area contributed by atoms with Crippen LogP contribution < -0.4 is 0 Å². The molecular formula is C16H17N. The van der Waals surface area contributed by atoms with E-state index in [4.69, 9.17) is 4.98 Å². The summed E-state index contributed by atoms with van der Waals surface area (Å²) < 4.78 is 0. The van der Waals surface area contributed by atoms with Crippen LogP contribution in [0.15, 0.2) is 36.4 Å². The van der Waals surface area contributed by atoms with E-state index in [1.54, 1.807) is 0 Å². The molecule has 3 rings (SSSR count). The lowest BCUT2D eigenvalue weighted by atomic mass is 9.96. The van der Waals surface area contributed by atoms with Crippen LogP contribution in [0, 0.1) is 6.92 Å². The van der Waals surface area contributed by atoms with Crippen LogP contribution >= 0.6 is 0 Å². The summed E-state index contributed by atoms with van der Waals surface area (Å²) in [6, 6.07) is 10.8. The molecule has 0 amide bonds. The second kappa shape index (κ2) is 4.33. The van der Waals surface area contributed by atoms with Gasteiger partial charge in [-0.3, -0.25) is 0 Å². The van der Waals surface area contributed by atoms with Crippen molar-refractivity contribution in [2.45, 2.75) is 32.6 Å². The van der Waals surface area contributed by atoms with Crippen molar-refractivity contribution >= 4 is 16.5 Å². The predicted octanol–water partition coefficient (Wildman–Crippen LogP) is 4.50. The molecule has 1 aliphatic carbocycles. The average molecular weight is 223 g/mol. The van der Waals surface area contributed by atoms with Crippen LogP contribution in [0.25, 0.3) is 16.5 Å². The number of nitrogens with zero attached hydrogens (tertiary/aromatic N) is 1. The molecule has 1 heterocycles. The summed E-state index contributed by atoms with van der Waals surface area (Å²) in [5, 5.41) is 1.23. The molecule has 0 saturated carbocycles. The van der Waals surface area contributed by atoms with E-state index < -0.39 is 0 Å². The number of fused-ring (bicyclic) bond motifs is 1. The summed E-state index contributed by atoms with van der Waals surface area (Å²) in [7, 11) is 0. The first-order valence-corrected chi connectivity index (χ1v) is 6.40. The lowest BCUT2D eigenvalue weighted by Gasteiger charge is -2.12. The van der Waals surface area contributed by atoms with E-state index in [0.717, 1.165) is 5.52 Å². The van der Waals surface area contributed by atoms with E-state index in [1.807, 2.05) is 0 Å². The second-order valence-corrected chi connectivity index (χ2v) is 4.87. The number of pyridine rings is 1. The van der Waals surface area contributed by atoms with Crippen molar-refractivity contribution in [2.75, 3.05) is 0 Å². The van der Waals surface area contributed by atoms with Crippen molar-refractivity contribution in [3.05, 3.63) is 47.7 Å². The van der Waals surface area contributed by atoms with Gasteiger partial charge in [-0.1, -0.05) is 24.3 Å². The van der Waals surface area contributed by atoms with E-state index in [9.17, 15) is 0 Å². The van der Waals surface area contributed by atoms with Gasteiger partial charge >= 0.3 is 0 Å². The number of hydrogen-bond acceptors (Lipinski definition) is 1. The minimum atomic E-state index is 1.12.